The first-order valence-electron chi connectivity index (χ1n) is 8.27. The van der Waals surface area contributed by atoms with Crippen LogP contribution in [0.2, 0.25) is 10.0 Å². The highest BCUT2D eigenvalue weighted by Gasteiger charge is 2.36. The van der Waals surface area contributed by atoms with Crippen molar-refractivity contribution < 1.29 is 9.63 Å². The molecule has 134 valence electrons. The van der Waals surface area contributed by atoms with Crippen LogP contribution >= 0.6 is 23.2 Å². The van der Waals surface area contributed by atoms with E-state index in [2.05, 4.69) is 10.1 Å². The first-order valence-corrected chi connectivity index (χ1v) is 9.02. The molecule has 0 saturated carbocycles. The van der Waals surface area contributed by atoms with Crippen LogP contribution in [0.5, 0.6) is 0 Å². The minimum absolute atomic E-state index is 0.228. The van der Waals surface area contributed by atoms with Gasteiger partial charge >= 0.3 is 0 Å². The van der Waals surface area contributed by atoms with Gasteiger partial charge in [-0.3, -0.25) is 4.90 Å². The monoisotopic (exact) mass is 389 g/mol. The van der Waals surface area contributed by atoms with E-state index in [-0.39, 0.29) is 6.04 Å². The Morgan fingerprint density at radius 3 is 2.77 bits per heavy atom. The maximum Gasteiger partial charge on any atom is 0.241 e. The largest absolute Gasteiger partial charge is 0.391 e. The highest BCUT2D eigenvalue weighted by molar-refractivity contribution is 6.35. The van der Waals surface area contributed by atoms with Crippen LogP contribution in [0.25, 0.3) is 11.4 Å². The van der Waals surface area contributed by atoms with Crippen LogP contribution in [0.3, 0.4) is 0 Å². The summed E-state index contributed by atoms with van der Waals surface area (Å²) in [6.07, 6.45) is -0.0677. The summed E-state index contributed by atoms with van der Waals surface area (Å²) in [7, 11) is 1.91. The van der Waals surface area contributed by atoms with E-state index in [0.717, 1.165) is 16.7 Å². The normalized spacial score (nSPS) is 19.1. The molecule has 1 aromatic heterocycles. The zero-order chi connectivity index (χ0) is 18.3. The van der Waals surface area contributed by atoms with Crippen molar-refractivity contribution in [1.29, 1.82) is 0 Å². The molecule has 2 aromatic carbocycles. The summed E-state index contributed by atoms with van der Waals surface area (Å²) < 4.78 is 5.38. The van der Waals surface area contributed by atoms with Gasteiger partial charge in [-0.25, -0.2) is 0 Å². The smallest absolute Gasteiger partial charge is 0.241 e. The Bertz CT molecular complexity index is 930. The molecule has 4 rings (SSSR count). The summed E-state index contributed by atoms with van der Waals surface area (Å²) in [5, 5.41) is 15.7. The minimum atomic E-state index is -0.567. The van der Waals surface area contributed by atoms with Crippen molar-refractivity contribution in [1.82, 2.24) is 15.0 Å². The third-order valence-electron chi connectivity index (χ3n) is 4.65. The number of aliphatic hydroxyl groups excluding tert-OH is 1. The number of likely N-dealkylation sites (N-methyl/N-ethyl adjacent to an activating group) is 1. The van der Waals surface area contributed by atoms with Gasteiger partial charge in [0.25, 0.3) is 0 Å². The molecule has 2 atom stereocenters. The second-order valence-electron chi connectivity index (χ2n) is 6.46. The Kier molecular flexibility index (Phi) is 4.71. The van der Waals surface area contributed by atoms with Gasteiger partial charge in [0.15, 0.2) is 0 Å². The number of hydrogen-bond donors (Lipinski definition) is 1. The van der Waals surface area contributed by atoms with Crippen molar-refractivity contribution in [2.24, 2.45) is 0 Å². The van der Waals surface area contributed by atoms with Crippen molar-refractivity contribution in [2.75, 3.05) is 7.05 Å². The molecule has 7 heteroatoms. The summed E-state index contributed by atoms with van der Waals surface area (Å²) in [5.41, 5.74) is 2.78. The van der Waals surface area contributed by atoms with Gasteiger partial charge in [0.1, 0.15) is 0 Å². The Hall–Kier alpha value is -1.92. The van der Waals surface area contributed by atoms with E-state index in [1.54, 1.807) is 6.07 Å². The third kappa shape index (κ3) is 3.23. The van der Waals surface area contributed by atoms with E-state index in [9.17, 15) is 5.11 Å². The van der Waals surface area contributed by atoms with Gasteiger partial charge in [0, 0.05) is 22.0 Å². The lowest BCUT2D eigenvalue weighted by atomic mass is 10.1. The molecular weight excluding hydrogens is 373 g/mol. The highest BCUT2D eigenvalue weighted by Crippen LogP contribution is 2.41. The fourth-order valence-corrected chi connectivity index (χ4v) is 4.08. The van der Waals surface area contributed by atoms with E-state index in [4.69, 9.17) is 27.7 Å². The standard InChI is InChI=1S/C19H17Cl2N3O2/c1-24(10-17-22-19(23-26-17)11-5-3-2-4-6-11)18-14-7-12(20)8-15(21)13(14)9-16(18)25/h2-8,16,18,25H,9-10H2,1H3/t16-,18+/m0/s1. The van der Waals surface area contributed by atoms with E-state index >= 15 is 0 Å². The molecule has 26 heavy (non-hydrogen) atoms. The number of halogens is 2. The molecule has 0 aliphatic heterocycles. The quantitative estimate of drug-likeness (QED) is 0.726. The summed E-state index contributed by atoms with van der Waals surface area (Å²) in [4.78, 5) is 6.43. The molecule has 3 aromatic rings. The lowest BCUT2D eigenvalue weighted by Gasteiger charge is -2.26. The molecule has 0 radical (unpaired) electrons. The number of rotatable bonds is 4. The molecule has 0 spiro atoms. The van der Waals surface area contributed by atoms with Gasteiger partial charge < -0.3 is 9.63 Å². The molecule has 1 aliphatic carbocycles. The van der Waals surface area contributed by atoms with Crippen molar-refractivity contribution in [3.63, 3.8) is 0 Å². The van der Waals surface area contributed by atoms with Crippen LogP contribution in [0.4, 0.5) is 0 Å². The van der Waals surface area contributed by atoms with Gasteiger partial charge in [-0.2, -0.15) is 4.98 Å². The predicted octanol–water partition coefficient (Wildman–Crippen LogP) is 4.13. The molecule has 0 fully saturated rings. The molecule has 5 nitrogen and oxygen atoms in total. The van der Waals surface area contributed by atoms with E-state index < -0.39 is 6.10 Å². The average molecular weight is 390 g/mol. The molecule has 0 amide bonds. The second-order valence-corrected chi connectivity index (χ2v) is 7.31. The van der Waals surface area contributed by atoms with Gasteiger partial charge in [-0.05, 0) is 30.3 Å². The SMILES string of the molecule is CN(Cc1nc(-c2ccccc2)no1)[C@@H]1c2cc(Cl)cc(Cl)c2C[C@@H]1O. The molecule has 0 saturated heterocycles. The van der Waals surface area contributed by atoms with Crippen molar-refractivity contribution in [3.8, 4) is 11.4 Å². The molecule has 1 N–H and O–H groups in total. The van der Waals surface area contributed by atoms with Crippen LogP contribution in [-0.4, -0.2) is 33.3 Å². The van der Waals surface area contributed by atoms with Gasteiger partial charge in [0.05, 0.1) is 18.7 Å². The van der Waals surface area contributed by atoms with E-state index in [0.29, 0.717) is 34.7 Å². The van der Waals surface area contributed by atoms with Crippen molar-refractivity contribution in [3.05, 3.63) is 69.5 Å². The zero-order valence-corrected chi connectivity index (χ0v) is 15.6. The molecule has 1 aliphatic rings. The topological polar surface area (TPSA) is 62.4 Å². The number of fused-ring (bicyclic) bond motifs is 1. The van der Waals surface area contributed by atoms with Crippen LogP contribution in [0, 0.1) is 0 Å². The molecule has 0 bridgehead atoms. The number of nitrogens with zero attached hydrogens (tertiary/aromatic N) is 3. The molecular formula is C19H17Cl2N3O2. The zero-order valence-electron chi connectivity index (χ0n) is 14.1. The summed E-state index contributed by atoms with van der Waals surface area (Å²) in [6, 6.07) is 13.0. The summed E-state index contributed by atoms with van der Waals surface area (Å²) >= 11 is 12.4. The average Bonchev–Trinajstić information content (AvgIpc) is 3.20. The maximum atomic E-state index is 10.5. The first-order chi connectivity index (χ1) is 12.5. The van der Waals surface area contributed by atoms with Gasteiger partial charge in [-0.15, -0.1) is 0 Å². The van der Waals surface area contributed by atoms with Crippen LogP contribution < -0.4 is 0 Å². The van der Waals surface area contributed by atoms with Crippen molar-refractivity contribution in [2.45, 2.75) is 25.1 Å². The highest BCUT2D eigenvalue weighted by atomic mass is 35.5. The fraction of sp³-hybridized carbons (Fsp3) is 0.263. The van der Waals surface area contributed by atoms with Crippen LogP contribution in [0.15, 0.2) is 47.0 Å². The van der Waals surface area contributed by atoms with E-state index in [1.807, 2.05) is 48.3 Å². The summed E-state index contributed by atoms with van der Waals surface area (Å²) in [6.45, 7) is 0.408. The lowest BCUT2D eigenvalue weighted by Crippen LogP contribution is -2.30. The molecule has 1 heterocycles. The van der Waals surface area contributed by atoms with Crippen molar-refractivity contribution >= 4 is 23.2 Å². The number of aliphatic hydroxyl groups is 1. The Morgan fingerprint density at radius 1 is 1.23 bits per heavy atom. The fourth-order valence-electron chi connectivity index (χ4n) is 3.50. The lowest BCUT2D eigenvalue weighted by molar-refractivity contribution is 0.0667. The number of hydrogen-bond acceptors (Lipinski definition) is 5. The number of aromatic nitrogens is 2. The second kappa shape index (κ2) is 7.00. The number of benzene rings is 2. The van der Waals surface area contributed by atoms with Gasteiger partial charge in [0.2, 0.25) is 11.7 Å². The Labute approximate surface area is 161 Å². The van der Waals surface area contributed by atoms with Gasteiger partial charge in [-0.1, -0.05) is 58.7 Å². The maximum absolute atomic E-state index is 10.5. The Morgan fingerprint density at radius 2 is 2.00 bits per heavy atom. The van der Waals surface area contributed by atoms with Crippen LogP contribution in [0.1, 0.15) is 23.1 Å². The Balaban J connectivity index is 1.56. The predicted molar refractivity (Wildman–Crippen MR) is 100 cm³/mol. The minimum Gasteiger partial charge on any atom is -0.391 e. The van der Waals surface area contributed by atoms with Crippen LogP contribution in [-0.2, 0) is 13.0 Å². The first kappa shape index (κ1) is 17.5. The summed E-state index contributed by atoms with van der Waals surface area (Å²) in [5.74, 6) is 1.03. The molecule has 0 unspecified atom stereocenters. The third-order valence-corrected chi connectivity index (χ3v) is 5.21. The van der Waals surface area contributed by atoms with E-state index in [1.165, 1.54) is 0 Å².